The van der Waals surface area contributed by atoms with Gasteiger partial charge in [-0.25, -0.2) is 9.59 Å². The lowest BCUT2D eigenvalue weighted by Gasteiger charge is -2.13. The number of carbonyl (C=O) groups is 3. The zero-order chi connectivity index (χ0) is 24.5. The highest BCUT2D eigenvalue weighted by Gasteiger charge is 2.23. The van der Waals surface area contributed by atoms with Gasteiger partial charge >= 0.3 is 12.0 Å². The van der Waals surface area contributed by atoms with Crippen LogP contribution in [0.5, 0.6) is 11.5 Å². The Morgan fingerprint density at radius 2 is 1.71 bits per heavy atom. The van der Waals surface area contributed by atoms with Crippen LogP contribution >= 0.6 is 0 Å². The number of urea groups is 1. The molecule has 0 radical (unpaired) electrons. The van der Waals surface area contributed by atoms with Crippen LogP contribution in [0, 0.1) is 0 Å². The first kappa shape index (κ1) is 24.6. The van der Waals surface area contributed by atoms with Gasteiger partial charge in [0.05, 0.1) is 19.8 Å². The number of rotatable bonds is 10. The molecule has 1 heterocycles. The van der Waals surface area contributed by atoms with E-state index < -0.39 is 24.5 Å². The first-order valence-electron chi connectivity index (χ1n) is 10.6. The van der Waals surface area contributed by atoms with Gasteiger partial charge in [0.1, 0.15) is 5.58 Å². The van der Waals surface area contributed by atoms with Gasteiger partial charge in [-0.2, -0.15) is 0 Å². The van der Waals surface area contributed by atoms with Gasteiger partial charge in [0.2, 0.25) is 5.76 Å². The lowest BCUT2D eigenvalue weighted by atomic mass is 10.1. The summed E-state index contributed by atoms with van der Waals surface area (Å²) >= 11 is 0. The highest BCUT2D eigenvalue weighted by molar-refractivity contribution is 6.03. The van der Waals surface area contributed by atoms with E-state index in [4.69, 9.17) is 23.4 Å². The third-order valence-corrected chi connectivity index (χ3v) is 4.56. The maximum absolute atomic E-state index is 12.5. The molecule has 0 aliphatic rings. The quantitative estimate of drug-likeness (QED) is 0.428. The summed E-state index contributed by atoms with van der Waals surface area (Å²) in [5.41, 5.74) is 1.40. The number of nitrogens with one attached hydrogen (secondary N) is 2. The Labute approximate surface area is 196 Å². The van der Waals surface area contributed by atoms with Crippen LogP contribution in [0.1, 0.15) is 30.0 Å². The summed E-state index contributed by atoms with van der Waals surface area (Å²) in [5.74, 6) is -0.715. The molecular formula is C24H26N2O8. The molecule has 10 heteroatoms. The second-order valence-corrected chi connectivity index (χ2v) is 6.94. The average Bonchev–Trinajstić information content (AvgIpc) is 3.18. The van der Waals surface area contributed by atoms with Crippen LogP contribution in [-0.4, -0.2) is 44.8 Å². The standard InChI is InChI=1S/C24H26N2O8/c1-4-31-19-11-10-15(12-20(19)32-5-2)25-24(29)26-21(27)14-33-23(28)22-17(13-30-3)16-8-6-7-9-18(16)34-22/h6-12H,4-5,13-14H2,1-3H3,(H2,25,26,27,29). The van der Waals surface area contributed by atoms with Crippen molar-refractivity contribution in [1.29, 1.82) is 0 Å². The highest BCUT2D eigenvalue weighted by Crippen LogP contribution is 2.30. The molecule has 180 valence electrons. The van der Waals surface area contributed by atoms with E-state index in [-0.39, 0.29) is 12.4 Å². The van der Waals surface area contributed by atoms with Crippen molar-refractivity contribution in [3.63, 3.8) is 0 Å². The van der Waals surface area contributed by atoms with Gasteiger partial charge in [0.25, 0.3) is 5.91 Å². The van der Waals surface area contributed by atoms with Crippen molar-refractivity contribution >= 4 is 34.6 Å². The van der Waals surface area contributed by atoms with Gasteiger partial charge in [-0.1, -0.05) is 18.2 Å². The van der Waals surface area contributed by atoms with Gasteiger partial charge in [-0.05, 0) is 32.0 Å². The number of esters is 1. The molecule has 34 heavy (non-hydrogen) atoms. The van der Waals surface area contributed by atoms with E-state index in [2.05, 4.69) is 10.6 Å². The van der Waals surface area contributed by atoms with Crippen LogP contribution in [0.3, 0.4) is 0 Å². The fraction of sp³-hybridized carbons (Fsp3) is 0.292. The molecule has 0 atom stereocenters. The van der Waals surface area contributed by atoms with Crippen LogP contribution in [-0.2, 0) is 20.9 Å². The number of amides is 3. The Morgan fingerprint density at radius 3 is 2.44 bits per heavy atom. The summed E-state index contributed by atoms with van der Waals surface area (Å²) in [6.07, 6.45) is 0. The van der Waals surface area contributed by atoms with E-state index in [1.165, 1.54) is 7.11 Å². The zero-order valence-corrected chi connectivity index (χ0v) is 19.1. The Bertz CT molecular complexity index is 1170. The number of carbonyl (C=O) groups excluding carboxylic acids is 3. The van der Waals surface area contributed by atoms with Crippen LogP contribution in [0.4, 0.5) is 10.5 Å². The zero-order valence-electron chi connectivity index (χ0n) is 19.1. The molecule has 0 fully saturated rings. The second-order valence-electron chi connectivity index (χ2n) is 6.94. The molecule has 0 aliphatic heterocycles. The first-order valence-corrected chi connectivity index (χ1v) is 10.6. The fourth-order valence-electron chi connectivity index (χ4n) is 3.20. The topological polar surface area (TPSA) is 125 Å². The maximum atomic E-state index is 12.5. The van der Waals surface area contributed by atoms with E-state index in [9.17, 15) is 14.4 Å². The minimum Gasteiger partial charge on any atom is -0.490 e. The van der Waals surface area contributed by atoms with Gasteiger partial charge in [-0.15, -0.1) is 0 Å². The molecule has 2 aromatic carbocycles. The van der Waals surface area contributed by atoms with Crippen molar-refractivity contribution in [3.8, 4) is 11.5 Å². The predicted molar refractivity (Wildman–Crippen MR) is 123 cm³/mol. The van der Waals surface area contributed by atoms with Gasteiger partial charge in [0, 0.05) is 29.8 Å². The van der Waals surface area contributed by atoms with E-state index in [1.807, 2.05) is 13.8 Å². The molecule has 3 aromatic rings. The molecule has 0 saturated heterocycles. The molecule has 0 saturated carbocycles. The normalized spacial score (nSPS) is 10.6. The van der Waals surface area contributed by atoms with Crippen molar-refractivity contribution in [2.24, 2.45) is 0 Å². The van der Waals surface area contributed by atoms with Crippen LogP contribution < -0.4 is 20.1 Å². The van der Waals surface area contributed by atoms with Crippen molar-refractivity contribution < 1.29 is 37.7 Å². The number of furan rings is 1. The molecule has 3 amide bonds. The molecule has 1 aromatic heterocycles. The van der Waals surface area contributed by atoms with E-state index in [0.717, 1.165) is 0 Å². The summed E-state index contributed by atoms with van der Waals surface area (Å²) < 4.78 is 26.7. The fourth-order valence-corrected chi connectivity index (χ4v) is 3.20. The maximum Gasteiger partial charge on any atom is 0.375 e. The number of ether oxygens (including phenoxy) is 4. The van der Waals surface area contributed by atoms with Crippen molar-refractivity contribution in [3.05, 3.63) is 53.8 Å². The number of hydrogen-bond donors (Lipinski definition) is 2. The highest BCUT2D eigenvalue weighted by atomic mass is 16.5. The van der Waals surface area contributed by atoms with Gasteiger partial charge in [-0.3, -0.25) is 10.1 Å². The van der Waals surface area contributed by atoms with E-state index in [1.54, 1.807) is 42.5 Å². The molecule has 3 rings (SSSR count). The Balaban J connectivity index is 1.57. The van der Waals surface area contributed by atoms with Crippen LogP contribution in [0.2, 0.25) is 0 Å². The summed E-state index contributed by atoms with van der Waals surface area (Å²) in [6, 6.07) is 11.1. The van der Waals surface area contributed by atoms with Crippen molar-refractivity contribution in [1.82, 2.24) is 5.32 Å². The van der Waals surface area contributed by atoms with Crippen molar-refractivity contribution in [2.45, 2.75) is 20.5 Å². The van der Waals surface area contributed by atoms with Crippen LogP contribution in [0.25, 0.3) is 11.0 Å². The monoisotopic (exact) mass is 470 g/mol. The number of benzene rings is 2. The van der Waals surface area contributed by atoms with Gasteiger partial charge < -0.3 is 28.7 Å². The predicted octanol–water partition coefficient (Wildman–Crippen LogP) is 3.88. The third kappa shape index (κ3) is 6.04. The SMILES string of the molecule is CCOc1ccc(NC(=O)NC(=O)COC(=O)c2oc3ccccc3c2COC)cc1OCC. The molecular weight excluding hydrogens is 444 g/mol. The summed E-state index contributed by atoms with van der Waals surface area (Å²) in [4.78, 5) is 36.8. The molecule has 0 spiro atoms. The van der Waals surface area contributed by atoms with Crippen LogP contribution in [0.15, 0.2) is 46.9 Å². The minimum atomic E-state index is -0.841. The molecule has 0 bridgehead atoms. The molecule has 10 nitrogen and oxygen atoms in total. The Morgan fingerprint density at radius 1 is 0.971 bits per heavy atom. The number of methoxy groups -OCH3 is 1. The number of anilines is 1. The third-order valence-electron chi connectivity index (χ3n) is 4.56. The molecule has 0 aliphatic carbocycles. The van der Waals surface area contributed by atoms with E-state index >= 15 is 0 Å². The Kier molecular flexibility index (Phi) is 8.47. The molecule has 0 unspecified atom stereocenters. The smallest absolute Gasteiger partial charge is 0.375 e. The largest absolute Gasteiger partial charge is 0.490 e. The molecule has 2 N–H and O–H groups in total. The summed E-state index contributed by atoms with van der Waals surface area (Å²) in [6.45, 7) is 4.00. The summed E-state index contributed by atoms with van der Waals surface area (Å²) in [7, 11) is 1.49. The second kappa shape index (κ2) is 11.7. The number of hydrogen-bond acceptors (Lipinski definition) is 8. The number of para-hydroxylation sites is 1. The number of imide groups is 1. The van der Waals surface area contributed by atoms with Gasteiger partial charge in [0.15, 0.2) is 18.1 Å². The number of fused-ring (bicyclic) bond motifs is 1. The first-order chi connectivity index (χ1) is 16.5. The summed E-state index contributed by atoms with van der Waals surface area (Å²) in [5, 5.41) is 5.33. The minimum absolute atomic E-state index is 0.0573. The average molecular weight is 470 g/mol. The van der Waals surface area contributed by atoms with E-state index in [0.29, 0.717) is 46.9 Å². The Hall–Kier alpha value is -4.05. The van der Waals surface area contributed by atoms with Crippen molar-refractivity contribution in [2.75, 3.05) is 32.2 Å². The lowest BCUT2D eigenvalue weighted by Crippen LogP contribution is -2.37. The lowest BCUT2D eigenvalue weighted by molar-refractivity contribution is -0.123.